The Kier molecular flexibility index (Phi) is 2.75. The van der Waals surface area contributed by atoms with Crippen LogP contribution in [0.2, 0.25) is 0 Å². The number of anilines is 1. The number of hydrogen-bond donors (Lipinski definition) is 2. The summed E-state index contributed by atoms with van der Waals surface area (Å²) in [5.74, 6) is 0. The van der Waals surface area contributed by atoms with E-state index in [0.29, 0.717) is 6.04 Å². The molecule has 13 heavy (non-hydrogen) atoms. The Balaban J connectivity index is 1.93. The Labute approximate surface area is 81.6 Å². The van der Waals surface area contributed by atoms with Crippen LogP contribution in [-0.2, 0) is 0 Å². The van der Waals surface area contributed by atoms with Crippen molar-refractivity contribution in [3.63, 3.8) is 0 Å². The van der Waals surface area contributed by atoms with E-state index in [4.69, 9.17) is 5.73 Å². The molecule has 2 atom stereocenters. The molecule has 1 heterocycles. The Morgan fingerprint density at radius 3 is 3.00 bits per heavy atom. The lowest BCUT2D eigenvalue weighted by Gasteiger charge is -2.28. The van der Waals surface area contributed by atoms with E-state index in [0.717, 1.165) is 18.0 Å². The second-order valence-corrected chi connectivity index (χ2v) is 4.28. The maximum absolute atomic E-state index is 5.99. The van der Waals surface area contributed by atoms with Gasteiger partial charge in [0.05, 0.1) is 0 Å². The first-order valence-electron chi connectivity index (χ1n) is 4.64. The van der Waals surface area contributed by atoms with Crippen LogP contribution in [0.15, 0.2) is 5.51 Å². The van der Waals surface area contributed by atoms with Gasteiger partial charge in [0.25, 0.3) is 0 Å². The van der Waals surface area contributed by atoms with Gasteiger partial charge in [0.1, 0.15) is 5.51 Å². The second-order valence-electron chi connectivity index (χ2n) is 3.44. The molecule has 5 heteroatoms. The molecule has 0 aliphatic heterocycles. The molecule has 3 N–H and O–H groups in total. The van der Waals surface area contributed by atoms with Crippen molar-refractivity contribution in [2.45, 2.75) is 37.8 Å². The molecule has 1 aliphatic rings. The molecule has 2 rings (SSSR count). The number of nitrogens with zero attached hydrogens (tertiary/aromatic N) is 2. The first kappa shape index (κ1) is 8.90. The van der Waals surface area contributed by atoms with E-state index in [9.17, 15) is 0 Å². The highest BCUT2D eigenvalue weighted by Gasteiger charge is 2.21. The lowest BCUT2D eigenvalue weighted by Crippen LogP contribution is -2.42. The molecule has 0 amide bonds. The summed E-state index contributed by atoms with van der Waals surface area (Å²) in [6.45, 7) is 0. The predicted molar refractivity (Wildman–Crippen MR) is 53.8 cm³/mol. The highest BCUT2D eigenvalue weighted by Crippen LogP contribution is 2.21. The summed E-state index contributed by atoms with van der Waals surface area (Å²) in [6.07, 6.45) is 4.80. The zero-order valence-electron chi connectivity index (χ0n) is 7.44. The second kappa shape index (κ2) is 4.02. The third-order valence-electron chi connectivity index (χ3n) is 2.49. The normalized spacial score (nSPS) is 28.7. The Morgan fingerprint density at radius 2 is 2.31 bits per heavy atom. The van der Waals surface area contributed by atoms with Crippen LogP contribution in [-0.4, -0.2) is 22.3 Å². The van der Waals surface area contributed by atoms with E-state index >= 15 is 0 Å². The molecule has 1 aromatic rings. The third kappa shape index (κ3) is 2.16. The van der Waals surface area contributed by atoms with Crippen molar-refractivity contribution < 1.29 is 0 Å². The van der Waals surface area contributed by atoms with Crippen LogP contribution in [0, 0.1) is 0 Å². The quantitative estimate of drug-likeness (QED) is 0.750. The number of rotatable bonds is 2. The summed E-state index contributed by atoms with van der Waals surface area (Å²) in [7, 11) is 0. The highest BCUT2D eigenvalue weighted by molar-refractivity contribution is 7.13. The minimum atomic E-state index is 0.276. The summed E-state index contributed by atoms with van der Waals surface area (Å²) >= 11 is 1.53. The minimum Gasteiger partial charge on any atom is -0.356 e. The number of aromatic nitrogens is 2. The van der Waals surface area contributed by atoms with Crippen molar-refractivity contribution in [3.05, 3.63) is 5.51 Å². The molecule has 1 saturated carbocycles. The molecule has 1 aromatic heterocycles. The number of nitrogens with one attached hydrogen (secondary N) is 1. The van der Waals surface area contributed by atoms with Crippen LogP contribution in [0.4, 0.5) is 5.13 Å². The topological polar surface area (TPSA) is 63.8 Å². The van der Waals surface area contributed by atoms with Gasteiger partial charge >= 0.3 is 0 Å². The highest BCUT2D eigenvalue weighted by atomic mass is 32.1. The molecular weight excluding hydrogens is 184 g/mol. The largest absolute Gasteiger partial charge is 0.356 e. The van der Waals surface area contributed by atoms with Crippen LogP contribution in [0.3, 0.4) is 0 Å². The molecule has 1 aliphatic carbocycles. The molecule has 4 nitrogen and oxygen atoms in total. The molecule has 0 radical (unpaired) electrons. The fraction of sp³-hybridized carbons (Fsp3) is 0.750. The van der Waals surface area contributed by atoms with Crippen molar-refractivity contribution in [1.29, 1.82) is 0 Å². The lowest BCUT2D eigenvalue weighted by molar-refractivity contribution is 0.404. The van der Waals surface area contributed by atoms with Crippen molar-refractivity contribution in [2.24, 2.45) is 5.73 Å². The smallest absolute Gasteiger partial charge is 0.205 e. The zero-order chi connectivity index (χ0) is 9.10. The predicted octanol–water partition coefficient (Wildman–Crippen LogP) is 1.22. The lowest BCUT2D eigenvalue weighted by atomic mass is 9.91. The van der Waals surface area contributed by atoms with Gasteiger partial charge < -0.3 is 11.1 Å². The molecular formula is C8H14N4S. The maximum Gasteiger partial charge on any atom is 0.205 e. The molecule has 1 fully saturated rings. The molecule has 0 unspecified atom stereocenters. The standard InChI is InChI=1S/C8H14N4S/c9-6-3-1-2-4-7(6)11-8-12-10-5-13-8/h5-7H,1-4,9H2,(H,11,12)/t6-,7-/m1/s1. The van der Waals surface area contributed by atoms with Gasteiger partial charge in [0.15, 0.2) is 0 Å². The fourth-order valence-electron chi connectivity index (χ4n) is 1.73. The van der Waals surface area contributed by atoms with Crippen LogP contribution in [0.25, 0.3) is 0 Å². The summed E-state index contributed by atoms with van der Waals surface area (Å²) in [5, 5.41) is 11.9. The van der Waals surface area contributed by atoms with E-state index in [-0.39, 0.29) is 6.04 Å². The van der Waals surface area contributed by atoms with Gasteiger partial charge in [-0.25, -0.2) is 0 Å². The Morgan fingerprint density at radius 1 is 1.46 bits per heavy atom. The van der Waals surface area contributed by atoms with Crippen molar-refractivity contribution in [3.8, 4) is 0 Å². The number of nitrogens with two attached hydrogens (primary N) is 1. The molecule has 0 aromatic carbocycles. The van der Waals surface area contributed by atoms with Crippen molar-refractivity contribution in [2.75, 3.05) is 5.32 Å². The van der Waals surface area contributed by atoms with Crippen LogP contribution in [0.1, 0.15) is 25.7 Å². The van der Waals surface area contributed by atoms with Gasteiger partial charge in [-0.15, -0.1) is 10.2 Å². The Hall–Kier alpha value is -0.680. The van der Waals surface area contributed by atoms with Gasteiger partial charge in [0.2, 0.25) is 5.13 Å². The van der Waals surface area contributed by atoms with E-state index < -0.39 is 0 Å². The molecule has 0 bridgehead atoms. The zero-order valence-corrected chi connectivity index (χ0v) is 8.26. The maximum atomic E-state index is 5.99. The minimum absolute atomic E-state index is 0.276. The van der Waals surface area contributed by atoms with Crippen LogP contribution < -0.4 is 11.1 Å². The molecule has 0 saturated heterocycles. The van der Waals surface area contributed by atoms with Gasteiger partial charge in [-0.2, -0.15) is 0 Å². The average molecular weight is 198 g/mol. The first-order valence-corrected chi connectivity index (χ1v) is 5.52. The summed E-state index contributed by atoms with van der Waals surface area (Å²) < 4.78 is 0. The molecule has 0 spiro atoms. The third-order valence-corrected chi connectivity index (χ3v) is 3.11. The van der Waals surface area contributed by atoms with Gasteiger partial charge in [-0.3, -0.25) is 0 Å². The fourth-order valence-corrected chi connectivity index (χ4v) is 2.24. The van der Waals surface area contributed by atoms with Crippen LogP contribution >= 0.6 is 11.3 Å². The Bertz CT molecular complexity index is 249. The van der Waals surface area contributed by atoms with E-state index in [1.807, 2.05) is 0 Å². The van der Waals surface area contributed by atoms with Gasteiger partial charge in [-0.05, 0) is 12.8 Å². The van der Waals surface area contributed by atoms with Crippen LogP contribution in [0.5, 0.6) is 0 Å². The SMILES string of the molecule is N[C@@H]1CCCC[C@H]1Nc1nncs1. The molecule has 72 valence electrons. The summed E-state index contributed by atoms with van der Waals surface area (Å²) in [5.41, 5.74) is 7.72. The van der Waals surface area contributed by atoms with E-state index in [2.05, 4.69) is 15.5 Å². The summed E-state index contributed by atoms with van der Waals surface area (Å²) in [6, 6.07) is 0.666. The monoisotopic (exact) mass is 198 g/mol. The number of hydrogen-bond acceptors (Lipinski definition) is 5. The van der Waals surface area contributed by atoms with E-state index in [1.54, 1.807) is 5.51 Å². The van der Waals surface area contributed by atoms with Gasteiger partial charge in [-0.1, -0.05) is 24.2 Å². The average Bonchev–Trinajstić information content (AvgIpc) is 2.61. The van der Waals surface area contributed by atoms with Crippen molar-refractivity contribution in [1.82, 2.24) is 10.2 Å². The first-order chi connectivity index (χ1) is 6.36. The summed E-state index contributed by atoms with van der Waals surface area (Å²) in [4.78, 5) is 0. The van der Waals surface area contributed by atoms with Crippen molar-refractivity contribution >= 4 is 16.5 Å². The van der Waals surface area contributed by atoms with Gasteiger partial charge in [0, 0.05) is 12.1 Å². The van der Waals surface area contributed by atoms with E-state index in [1.165, 1.54) is 24.2 Å².